The van der Waals surface area contributed by atoms with Gasteiger partial charge in [0, 0.05) is 0 Å². The lowest BCUT2D eigenvalue weighted by atomic mass is 9.98. The van der Waals surface area contributed by atoms with Crippen LogP contribution in [0.25, 0.3) is 5.57 Å². The molecular weight excluding hydrogens is 320 g/mol. The van der Waals surface area contributed by atoms with Crippen LogP contribution in [0.15, 0.2) is 43.0 Å². The lowest BCUT2D eigenvalue weighted by Crippen LogP contribution is -2.04. The molecule has 0 aromatic heterocycles. The second kappa shape index (κ2) is 8.24. The normalized spacial score (nSPS) is 10.1. The Morgan fingerprint density at radius 2 is 1.40 bits per heavy atom. The van der Waals surface area contributed by atoms with Gasteiger partial charge in [0.1, 0.15) is 0 Å². The van der Waals surface area contributed by atoms with Crippen LogP contribution in [-0.4, -0.2) is 33.9 Å². The van der Waals surface area contributed by atoms with E-state index in [0.29, 0.717) is 29.4 Å². The first-order valence-corrected chi connectivity index (χ1v) is 7.82. The van der Waals surface area contributed by atoms with E-state index >= 15 is 0 Å². The van der Waals surface area contributed by atoms with E-state index in [2.05, 4.69) is 6.58 Å². The lowest BCUT2D eigenvalue weighted by Gasteiger charge is -2.15. The number of carbonyl (C=O) groups excluding carboxylic acids is 1. The number of methoxy groups -OCH3 is 3. The maximum Gasteiger partial charge on any atom is 0.338 e. The van der Waals surface area contributed by atoms with Gasteiger partial charge in [-0.3, -0.25) is 0 Å². The van der Waals surface area contributed by atoms with E-state index in [1.165, 1.54) is 0 Å². The van der Waals surface area contributed by atoms with E-state index in [-0.39, 0.29) is 5.97 Å². The molecule has 0 spiro atoms. The summed E-state index contributed by atoms with van der Waals surface area (Å²) in [5, 5.41) is 0. The fourth-order valence-corrected chi connectivity index (χ4v) is 2.44. The van der Waals surface area contributed by atoms with Gasteiger partial charge in [0.25, 0.3) is 0 Å². The average Bonchev–Trinajstić information content (AvgIpc) is 2.66. The topological polar surface area (TPSA) is 54.0 Å². The van der Waals surface area contributed by atoms with Crippen molar-refractivity contribution in [2.75, 3.05) is 27.9 Å². The van der Waals surface area contributed by atoms with Crippen LogP contribution in [0, 0.1) is 0 Å². The number of esters is 1. The van der Waals surface area contributed by atoms with Crippen LogP contribution < -0.4 is 14.2 Å². The third-order valence-corrected chi connectivity index (χ3v) is 3.76. The molecule has 0 aliphatic heterocycles. The van der Waals surface area contributed by atoms with Crippen LogP contribution >= 0.6 is 0 Å². The van der Waals surface area contributed by atoms with Gasteiger partial charge >= 0.3 is 5.97 Å². The van der Waals surface area contributed by atoms with Gasteiger partial charge in [-0.15, -0.1) is 0 Å². The van der Waals surface area contributed by atoms with Crippen LogP contribution in [0.2, 0.25) is 0 Å². The quantitative estimate of drug-likeness (QED) is 0.713. The second-order valence-electron chi connectivity index (χ2n) is 5.19. The minimum absolute atomic E-state index is 0.340. The third kappa shape index (κ3) is 3.94. The summed E-state index contributed by atoms with van der Waals surface area (Å²) in [5.74, 6) is 1.30. The smallest absolute Gasteiger partial charge is 0.338 e. The summed E-state index contributed by atoms with van der Waals surface area (Å²) < 4.78 is 21.1. The molecule has 0 unspecified atom stereocenters. The predicted octanol–water partition coefficient (Wildman–Crippen LogP) is 3.95. The Balaban J connectivity index is 2.35. The highest BCUT2D eigenvalue weighted by Crippen LogP contribution is 2.40. The molecule has 0 saturated carbocycles. The number of rotatable bonds is 7. The summed E-state index contributed by atoms with van der Waals surface area (Å²) in [6.45, 7) is 6.27. The molecule has 0 heterocycles. The summed E-state index contributed by atoms with van der Waals surface area (Å²) in [6.07, 6.45) is 0. The maximum atomic E-state index is 11.7. The highest BCUT2D eigenvalue weighted by Gasteiger charge is 2.15. The largest absolute Gasteiger partial charge is 0.493 e. The molecule has 0 atom stereocenters. The van der Waals surface area contributed by atoms with E-state index in [1.54, 1.807) is 40.4 Å². The van der Waals surface area contributed by atoms with Gasteiger partial charge in [-0.05, 0) is 47.9 Å². The van der Waals surface area contributed by atoms with Gasteiger partial charge in [-0.1, -0.05) is 18.7 Å². The standard InChI is InChI=1S/C20H22O5/c1-6-25-20(21)15-9-7-14(8-10-15)13(2)16-11-17(22-3)19(24-5)18(12-16)23-4/h7-12H,2,6H2,1,3-5H3. The van der Waals surface area contributed by atoms with E-state index in [1.807, 2.05) is 24.3 Å². The molecule has 25 heavy (non-hydrogen) atoms. The summed E-state index contributed by atoms with van der Waals surface area (Å²) in [4.78, 5) is 11.7. The van der Waals surface area contributed by atoms with Gasteiger partial charge in [0.2, 0.25) is 5.75 Å². The Morgan fingerprint density at radius 3 is 1.84 bits per heavy atom. The molecule has 2 rings (SSSR count). The number of hydrogen-bond donors (Lipinski definition) is 0. The zero-order chi connectivity index (χ0) is 18.4. The van der Waals surface area contributed by atoms with Crippen LogP contribution in [0.5, 0.6) is 17.2 Å². The maximum absolute atomic E-state index is 11.7. The number of hydrogen-bond acceptors (Lipinski definition) is 5. The molecule has 0 bridgehead atoms. The first-order chi connectivity index (χ1) is 12.0. The van der Waals surface area contributed by atoms with Crippen molar-refractivity contribution in [3.63, 3.8) is 0 Å². The van der Waals surface area contributed by atoms with Gasteiger partial charge in [-0.25, -0.2) is 4.79 Å². The van der Waals surface area contributed by atoms with Gasteiger partial charge in [0.05, 0.1) is 33.5 Å². The summed E-state index contributed by atoms with van der Waals surface area (Å²) >= 11 is 0. The van der Waals surface area contributed by atoms with Crippen molar-refractivity contribution in [2.24, 2.45) is 0 Å². The Kier molecular flexibility index (Phi) is 6.06. The predicted molar refractivity (Wildman–Crippen MR) is 96.6 cm³/mol. The van der Waals surface area contributed by atoms with Crippen LogP contribution in [0.4, 0.5) is 0 Å². The molecule has 0 radical (unpaired) electrons. The zero-order valence-electron chi connectivity index (χ0n) is 14.9. The minimum Gasteiger partial charge on any atom is -0.493 e. The Bertz CT molecular complexity index is 737. The SMILES string of the molecule is C=C(c1ccc(C(=O)OCC)cc1)c1cc(OC)c(OC)c(OC)c1. The highest BCUT2D eigenvalue weighted by molar-refractivity contribution is 5.90. The Hall–Kier alpha value is -2.95. The first-order valence-electron chi connectivity index (χ1n) is 7.82. The highest BCUT2D eigenvalue weighted by atomic mass is 16.5. The molecule has 132 valence electrons. The van der Waals surface area contributed by atoms with Crippen molar-refractivity contribution < 1.29 is 23.7 Å². The molecular formula is C20H22O5. The van der Waals surface area contributed by atoms with Gasteiger partial charge < -0.3 is 18.9 Å². The van der Waals surface area contributed by atoms with E-state index in [9.17, 15) is 4.79 Å². The fourth-order valence-electron chi connectivity index (χ4n) is 2.44. The molecule has 0 aliphatic carbocycles. The van der Waals surface area contributed by atoms with Crippen molar-refractivity contribution >= 4 is 11.5 Å². The lowest BCUT2D eigenvalue weighted by molar-refractivity contribution is 0.0526. The molecule has 0 saturated heterocycles. The molecule has 0 N–H and O–H groups in total. The summed E-state index contributed by atoms with van der Waals surface area (Å²) in [6, 6.07) is 10.8. The monoisotopic (exact) mass is 342 g/mol. The van der Waals surface area contributed by atoms with Crippen LogP contribution in [0.1, 0.15) is 28.4 Å². The molecule has 5 heteroatoms. The zero-order valence-corrected chi connectivity index (χ0v) is 14.9. The molecule has 0 amide bonds. The summed E-state index contributed by atoms with van der Waals surface area (Å²) in [7, 11) is 4.69. The minimum atomic E-state index is -0.340. The van der Waals surface area contributed by atoms with Crippen LogP contribution in [-0.2, 0) is 4.74 Å². The van der Waals surface area contributed by atoms with Crippen molar-refractivity contribution in [3.8, 4) is 17.2 Å². The van der Waals surface area contributed by atoms with Crippen molar-refractivity contribution in [1.29, 1.82) is 0 Å². The number of benzene rings is 2. The Morgan fingerprint density at radius 1 is 0.880 bits per heavy atom. The van der Waals surface area contributed by atoms with Crippen molar-refractivity contribution in [3.05, 3.63) is 59.7 Å². The first kappa shape index (κ1) is 18.4. The van der Waals surface area contributed by atoms with E-state index in [0.717, 1.165) is 16.7 Å². The molecule has 2 aromatic rings. The molecule has 0 aliphatic rings. The Labute approximate surface area is 147 Å². The van der Waals surface area contributed by atoms with Gasteiger partial charge in [-0.2, -0.15) is 0 Å². The number of carbonyl (C=O) groups is 1. The van der Waals surface area contributed by atoms with Crippen molar-refractivity contribution in [1.82, 2.24) is 0 Å². The van der Waals surface area contributed by atoms with Gasteiger partial charge in [0.15, 0.2) is 11.5 Å². The summed E-state index contributed by atoms with van der Waals surface area (Å²) in [5.41, 5.74) is 2.98. The molecule has 0 fully saturated rings. The second-order valence-corrected chi connectivity index (χ2v) is 5.19. The van der Waals surface area contributed by atoms with E-state index < -0.39 is 0 Å². The van der Waals surface area contributed by atoms with E-state index in [4.69, 9.17) is 18.9 Å². The number of ether oxygens (including phenoxy) is 4. The van der Waals surface area contributed by atoms with Crippen molar-refractivity contribution in [2.45, 2.75) is 6.92 Å². The average molecular weight is 342 g/mol. The fraction of sp³-hybridized carbons (Fsp3) is 0.250. The molecule has 5 nitrogen and oxygen atoms in total. The van der Waals surface area contributed by atoms with Crippen LogP contribution in [0.3, 0.4) is 0 Å². The molecule has 2 aromatic carbocycles. The third-order valence-electron chi connectivity index (χ3n) is 3.76.